The number of carbonyl (C=O) groups is 2. The summed E-state index contributed by atoms with van der Waals surface area (Å²) in [4.78, 5) is 24.0. The molecule has 6 heteroatoms. The van der Waals surface area contributed by atoms with E-state index in [0.29, 0.717) is 12.2 Å². The Hall–Kier alpha value is -3.17. The van der Waals surface area contributed by atoms with Crippen LogP contribution in [0.4, 0.5) is 0 Å². The molecular weight excluding hydrogens is 332 g/mol. The third kappa shape index (κ3) is 6.04. The molecule has 0 saturated heterocycles. The summed E-state index contributed by atoms with van der Waals surface area (Å²) >= 11 is 0. The maximum atomic E-state index is 12.1. The molecule has 0 aromatic heterocycles. The molecule has 0 aliphatic heterocycles. The summed E-state index contributed by atoms with van der Waals surface area (Å²) in [5, 5.41) is 11.5. The second kappa shape index (κ2) is 9.97. The minimum absolute atomic E-state index is 0.157. The first-order valence-electron chi connectivity index (χ1n) is 8.10. The molecule has 2 rings (SSSR count). The lowest BCUT2D eigenvalue weighted by Crippen LogP contribution is -2.44. The highest BCUT2D eigenvalue weighted by Gasteiger charge is 2.22. The van der Waals surface area contributed by atoms with E-state index in [1.54, 1.807) is 24.3 Å². The quantitative estimate of drug-likeness (QED) is 0.734. The third-order valence-corrected chi connectivity index (χ3v) is 3.69. The van der Waals surface area contributed by atoms with Crippen LogP contribution in [0.3, 0.4) is 0 Å². The predicted molar refractivity (Wildman–Crippen MR) is 94.9 cm³/mol. The second-order valence-corrected chi connectivity index (χ2v) is 5.63. The van der Waals surface area contributed by atoms with E-state index in [-0.39, 0.29) is 13.0 Å². The summed E-state index contributed by atoms with van der Waals surface area (Å²) in [5.74, 6) is -0.934. The highest BCUT2D eigenvalue weighted by Crippen LogP contribution is 2.08. The van der Waals surface area contributed by atoms with Crippen molar-refractivity contribution in [1.29, 1.82) is 5.26 Å². The van der Waals surface area contributed by atoms with Gasteiger partial charge in [0.15, 0.2) is 0 Å². The number of nitriles is 1. The summed E-state index contributed by atoms with van der Waals surface area (Å²) in [6, 6.07) is 17.5. The van der Waals surface area contributed by atoms with Gasteiger partial charge in [-0.15, -0.1) is 0 Å². The van der Waals surface area contributed by atoms with Crippen molar-refractivity contribution in [2.45, 2.75) is 19.1 Å². The molecule has 2 aromatic carbocycles. The van der Waals surface area contributed by atoms with Gasteiger partial charge in [0.05, 0.1) is 25.3 Å². The number of carbonyl (C=O) groups excluding carboxylic acids is 2. The molecule has 0 heterocycles. The van der Waals surface area contributed by atoms with Crippen molar-refractivity contribution in [2.24, 2.45) is 0 Å². The number of hydrogen-bond acceptors (Lipinski definition) is 5. The number of benzene rings is 2. The van der Waals surface area contributed by atoms with Crippen molar-refractivity contribution in [2.75, 3.05) is 13.7 Å². The van der Waals surface area contributed by atoms with Crippen LogP contribution in [0.15, 0.2) is 54.6 Å². The number of ether oxygens (including phenoxy) is 2. The molecule has 134 valence electrons. The number of amides is 1. The first kappa shape index (κ1) is 19.2. The van der Waals surface area contributed by atoms with Crippen LogP contribution in [-0.4, -0.2) is 31.6 Å². The normalized spacial score (nSPS) is 11.2. The van der Waals surface area contributed by atoms with Crippen LogP contribution in [-0.2, 0) is 32.1 Å². The van der Waals surface area contributed by atoms with Crippen molar-refractivity contribution in [3.8, 4) is 6.07 Å². The summed E-state index contributed by atoms with van der Waals surface area (Å²) in [7, 11) is 1.27. The summed E-state index contributed by atoms with van der Waals surface area (Å²) < 4.78 is 10.1. The zero-order valence-corrected chi connectivity index (χ0v) is 14.5. The first-order chi connectivity index (χ1) is 12.6. The average molecular weight is 352 g/mol. The predicted octanol–water partition coefficient (Wildman–Crippen LogP) is 1.98. The van der Waals surface area contributed by atoms with Gasteiger partial charge in [0.2, 0.25) is 5.91 Å². The van der Waals surface area contributed by atoms with E-state index in [1.165, 1.54) is 7.11 Å². The molecular formula is C20H20N2O4. The Kier molecular flexibility index (Phi) is 7.34. The van der Waals surface area contributed by atoms with Crippen molar-refractivity contribution in [3.63, 3.8) is 0 Å². The van der Waals surface area contributed by atoms with Gasteiger partial charge in [-0.25, -0.2) is 4.79 Å². The standard InChI is InChI=1S/C20H20N2O4/c1-25-20(24)18(11-15-7-9-16(12-21)10-8-15)22-19(23)14-26-13-17-5-3-2-4-6-17/h2-10,18H,11,13-14H2,1H3,(H,22,23)/t18-/m1/s1. The van der Waals surface area contributed by atoms with Gasteiger partial charge in [0.25, 0.3) is 0 Å². The fraction of sp³-hybridized carbons (Fsp3) is 0.250. The molecule has 1 N–H and O–H groups in total. The maximum absolute atomic E-state index is 12.1. The van der Waals surface area contributed by atoms with E-state index >= 15 is 0 Å². The van der Waals surface area contributed by atoms with E-state index in [2.05, 4.69) is 5.32 Å². The summed E-state index contributed by atoms with van der Waals surface area (Å²) in [6.07, 6.45) is 0.267. The first-order valence-corrected chi connectivity index (χ1v) is 8.10. The Morgan fingerprint density at radius 3 is 2.38 bits per heavy atom. The highest BCUT2D eigenvalue weighted by molar-refractivity contribution is 5.85. The minimum Gasteiger partial charge on any atom is -0.467 e. The van der Waals surface area contributed by atoms with Gasteiger partial charge >= 0.3 is 5.97 Å². The average Bonchev–Trinajstić information content (AvgIpc) is 2.68. The summed E-state index contributed by atoms with van der Waals surface area (Å²) in [6.45, 7) is 0.155. The molecule has 2 aromatic rings. The van der Waals surface area contributed by atoms with Crippen LogP contribution in [0.5, 0.6) is 0 Å². The molecule has 0 radical (unpaired) electrons. The monoisotopic (exact) mass is 352 g/mol. The van der Waals surface area contributed by atoms with Gasteiger partial charge in [-0.05, 0) is 23.3 Å². The largest absolute Gasteiger partial charge is 0.467 e. The van der Waals surface area contributed by atoms with Crippen LogP contribution < -0.4 is 5.32 Å². The Labute approximate surface area is 152 Å². The molecule has 0 unspecified atom stereocenters. The topological polar surface area (TPSA) is 88.4 Å². The molecule has 26 heavy (non-hydrogen) atoms. The molecule has 6 nitrogen and oxygen atoms in total. The van der Waals surface area contributed by atoms with Gasteiger partial charge in [-0.3, -0.25) is 4.79 Å². The van der Waals surface area contributed by atoms with Crippen LogP contribution in [0.1, 0.15) is 16.7 Å². The van der Waals surface area contributed by atoms with Crippen LogP contribution in [0.25, 0.3) is 0 Å². The molecule has 0 aliphatic rings. The van der Waals surface area contributed by atoms with E-state index in [1.807, 2.05) is 36.4 Å². The van der Waals surface area contributed by atoms with Gasteiger partial charge in [-0.2, -0.15) is 5.26 Å². The number of nitrogens with zero attached hydrogens (tertiary/aromatic N) is 1. The number of hydrogen-bond donors (Lipinski definition) is 1. The molecule has 0 bridgehead atoms. The van der Waals surface area contributed by atoms with E-state index in [4.69, 9.17) is 14.7 Å². The molecule has 0 aliphatic carbocycles. The number of rotatable bonds is 8. The van der Waals surface area contributed by atoms with Gasteiger partial charge in [0.1, 0.15) is 12.6 Å². The smallest absolute Gasteiger partial charge is 0.328 e. The lowest BCUT2D eigenvalue weighted by Gasteiger charge is -2.16. The molecule has 1 atom stereocenters. The van der Waals surface area contributed by atoms with Crippen molar-refractivity contribution in [3.05, 3.63) is 71.3 Å². The van der Waals surface area contributed by atoms with Gasteiger partial charge in [-0.1, -0.05) is 42.5 Å². The van der Waals surface area contributed by atoms with Crippen molar-refractivity contribution >= 4 is 11.9 Å². The van der Waals surface area contributed by atoms with E-state index < -0.39 is 17.9 Å². The number of esters is 1. The zero-order chi connectivity index (χ0) is 18.8. The zero-order valence-electron chi connectivity index (χ0n) is 14.5. The van der Waals surface area contributed by atoms with E-state index in [9.17, 15) is 9.59 Å². The number of nitrogens with one attached hydrogen (secondary N) is 1. The Balaban J connectivity index is 1.88. The van der Waals surface area contributed by atoms with Gasteiger partial charge < -0.3 is 14.8 Å². The van der Waals surface area contributed by atoms with Crippen molar-refractivity contribution < 1.29 is 19.1 Å². The maximum Gasteiger partial charge on any atom is 0.328 e. The fourth-order valence-electron chi connectivity index (χ4n) is 2.36. The van der Waals surface area contributed by atoms with Gasteiger partial charge in [0, 0.05) is 6.42 Å². The summed E-state index contributed by atoms with van der Waals surface area (Å²) in [5.41, 5.74) is 2.30. The molecule has 0 saturated carbocycles. The molecule has 0 spiro atoms. The lowest BCUT2D eigenvalue weighted by atomic mass is 10.0. The Morgan fingerprint density at radius 2 is 1.77 bits per heavy atom. The lowest BCUT2D eigenvalue weighted by molar-refractivity contribution is -0.145. The highest BCUT2D eigenvalue weighted by atomic mass is 16.5. The van der Waals surface area contributed by atoms with Crippen LogP contribution >= 0.6 is 0 Å². The minimum atomic E-state index is -0.819. The van der Waals surface area contributed by atoms with Crippen LogP contribution in [0, 0.1) is 11.3 Å². The third-order valence-electron chi connectivity index (χ3n) is 3.69. The van der Waals surface area contributed by atoms with Crippen LogP contribution in [0.2, 0.25) is 0 Å². The molecule has 1 amide bonds. The second-order valence-electron chi connectivity index (χ2n) is 5.63. The van der Waals surface area contributed by atoms with Crippen molar-refractivity contribution in [1.82, 2.24) is 5.32 Å². The fourth-order valence-corrected chi connectivity index (χ4v) is 2.36. The van der Waals surface area contributed by atoms with E-state index in [0.717, 1.165) is 11.1 Å². The molecule has 0 fully saturated rings. The Morgan fingerprint density at radius 1 is 1.08 bits per heavy atom. The SMILES string of the molecule is COC(=O)[C@@H](Cc1ccc(C#N)cc1)NC(=O)COCc1ccccc1. The number of methoxy groups -OCH3 is 1. The Bertz CT molecular complexity index is 767.